The molecule has 0 spiro atoms. The minimum absolute atomic E-state index is 1.07. The van der Waals surface area contributed by atoms with E-state index in [9.17, 15) is 0 Å². The van der Waals surface area contributed by atoms with E-state index < -0.39 is 0 Å². The van der Waals surface area contributed by atoms with Crippen molar-refractivity contribution in [1.29, 1.82) is 0 Å². The number of nitrogens with zero attached hydrogens (tertiary/aromatic N) is 1. The minimum Gasteiger partial charge on any atom is -0.329 e. The zero-order chi connectivity index (χ0) is 6.41. The Bertz CT molecular complexity index is 63.5. The van der Waals surface area contributed by atoms with E-state index in [1.54, 1.807) is 0 Å². The van der Waals surface area contributed by atoms with Crippen LogP contribution in [0.4, 0.5) is 0 Å². The average molecular weight is 129 g/mol. The third-order valence-electron chi connectivity index (χ3n) is 1.05. The van der Waals surface area contributed by atoms with Gasteiger partial charge in [0, 0.05) is 6.54 Å². The SMILES string of the molecule is C=CCN([SiH3])CCC. The molecule has 48 valence electrons. The van der Waals surface area contributed by atoms with Gasteiger partial charge in [-0.1, -0.05) is 13.0 Å². The Morgan fingerprint density at radius 1 is 1.75 bits per heavy atom. The number of hydrogen-bond donors (Lipinski definition) is 0. The van der Waals surface area contributed by atoms with E-state index >= 15 is 0 Å². The van der Waals surface area contributed by atoms with E-state index in [0.717, 1.165) is 6.54 Å². The zero-order valence-electron chi connectivity index (χ0n) is 5.85. The van der Waals surface area contributed by atoms with Crippen LogP contribution >= 0.6 is 0 Å². The molecule has 8 heavy (non-hydrogen) atoms. The van der Waals surface area contributed by atoms with Gasteiger partial charge in [-0.2, -0.15) is 0 Å². The minimum atomic E-state index is 1.07. The van der Waals surface area contributed by atoms with Crippen LogP contribution in [0.25, 0.3) is 0 Å². The third kappa shape index (κ3) is 4.09. The van der Waals surface area contributed by atoms with Crippen molar-refractivity contribution >= 4 is 10.4 Å². The topological polar surface area (TPSA) is 3.24 Å². The van der Waals surface area contributed by atoms with Crippen LogP contribution in [0.5, 0.6) is 0 Å². The van der Waals surface area contributed by atoms with Crippen LogP contribution in [0.15, 0.2) is 12.7 Å². The third-order valence-corrected chi connectivity index (χ3v) is 1.86. The molecule has 0 N–H and O–H groups in total. The molecular weight excluding hydrogens is 114 g/mol. The van der Waals surface area contributed by atoms with Gasteiger partial charge in [-0.05, 0) is 13.0 Å². The van der Waals surface area contributed by atoms with Crippen molar-refractivity contribution in [2.75, 3.05) is 13.1 Å². The predicted octanol–water partition coefficient (Wildman–Crippen LogP) is 0.165. The van der Waals surface area contributed by atoms with Gasteiger partial charge in [-0.25, -0.2) is 0 Å². The molecule has 0 rings (SSSR count). The summed E-state index contributed by atoms with van der Waals surface area (Å²) < 4.78 is 2.38. The van der Waals surface area contributed by atoms with Crippen LogP contribution in [-0.4, -0.2) is 28.1 Å². The van der Waals surface area contributed by atoms with Crippen LogP contribution in [-0.2, 0) is 0 Å². The summed E-state index contributed by atoms with van der Waals surface area (Å²) in [5.41, 5.74) is 0. The molecule has 0 aromatic heterocycles. The lowest BCUT2D eigenvalue weighted by Gasteiger charge is -2.11. The standard InChI is InChI=1S/C6H15NSi/c1-3-5-7(8)6-4-2/h3H,1,4-6H2,2,8H3. The summed E-state index contributed by atoms with van der Waals surface area (Å²) in [6.45, 7) is 8.17. The summed E-state index contributed by atoms with van der Waals surface area (Å²) in [6, 6.07) is 0. The van der Waals surface area contributed by atoms with Gasteiger partial charge in [-0.3, -0.25) is 0 Å². The summed E-state index contributed by atoms with van der Waals surface area (Å²) in [5, 5.41) is 0. The van der Waals surface area contributed by atoms with Crippen molar-refractivity contribution in [3.63, 3.8) is 0 Å². The van der Waals surface area contributed by atoms with Gasteiger partial charge in [0.15, 0.2) is 0 Å². The number of rotatable bonds is 4. The molecule has 0 atom stereocenters. The van der Waals surface area contributed by atoms with Crippen LogP contribution in [0.3, 0.4) is 0 Å². The summed E-state index contributed by atoms with van der Waals surface area (Å²) in [4.78, 5) is 0. The molecule has 0 amide bonds. The van der Waals surface area contributed by atoms with E-state index in [-0.39, 0.29) is 0 Å². The molecule has 0 aliphatic rings. The molecule has 0 fully saturated rings. The summed E-state index contributed by atoms with van der Waals surface area (Å²) in [6.07, 6.45) is 3.22. The monoisotopic (exact) mass is 129 g/mol. The van der Waals surface area contributed by atoms with Gasteiger partial charge in [0.05, 0.1) is 10.4 Å². The fourth-order valence-corrected chi connectivity index (χ4v) is 1.40. The fraction of sp³-hybridized carbons (Fsp3) is 0.667. The maximum Gasteiger partial charge on any atom is 0.0788 e. The molecule has 0 saturated carbocycles. The van der Waals surface area contributed by atoms with Gasteiger partial charge in [0.2, 0.25) is 0 Å². The first kappa shape index (κ1) is 7.92. The first-order valence-electron chi connectivity index (χ1n) is 3.10. The van der Waals surface area contributed by atoms with E-state index in [2.05, 4.69) is 18.1 Å². The highest BCUT2D eigenvalue weighted by atomic mass is 28.2. The van der Waals surface area contributed by atoms with Crippen LogP contribution in [0, 0.1) is 0 Å². The average Bonchev–Trinajstić information content (AvgIpc) is 1.68. The van der Waals surface area contributed by atoms with Gasteiger partial charge >= 0.3 is 0 Å². The van der Waals surface area contributed by atoms with Gasteiger partial charge in [0.25, 0.3) is 0 Å². The Hall–Kier alpha value is -0.0831. The molecule has 2 heteroatoms. The highest BCUT2D eigenvalue weighted by Crippen LogP contribution is 1.82. The second kappa shape index (κ2) is 5.06. The summed E-state index contributed by atoms with van der Waals surface area (Å²) >= 11 is 0. The Kier molecular flexibility index (Phi) is 5.01. The van der Waals surface area contributed by atoms with Crippen molar-refractivity contribution in [2.24, 2.45) is 0 Å². The number of hydrogen-bond acceptors (Lipinski definition) is 1. The molecule has 0 heterocycles. The van der Waals surface area contributed by atoms with Gasteiger partial charge < -0.3 is 4.57 Å². The van der Waals surface area contributed by atoms with Crippen LogP contribution in [0.2, 0.25) is 0 Å². The lowest BCUT2D eigenvalue weighted by molar-refractivity contribution is 0.497. The Morgan fingerprint density at radius 2 is 2.38 bits per heavy atom. The molecule has 0 aromatic carbocycles. The van der Waals surface area contributed by atoms with Gasteiger partial charge in [0.1, 0.15) is 0 Å². The zero-order valence-corrected chi connectivity index (χ0v) is 7.85. The van der Waals surface area contributed by atoms with E-state index in [0.29, 0.717) is 0 Å². The lowest BCUT2D eigenvalue weighted by atomic mass is 10.5. The Morgan fingerprint density at radius 3 is 2.75 bits per heavy atom. The molecule has 0 aromatic rings. The first-order chi connectivity index (χ1) is 3.81. The van der Waals surface area contributed by atoms with E-state index in [1.165, 1.54) is 23.4 Å². The maximum atomic E-state index is 3.66. The van der Waals surface area contributed by atoms with E-state index in [4.69, 9.17) is 0 Å². The summed E-state index contributed by atoms with van der Waals surface area (Å²) in [7, 11) is 1.17. The van der Waals surface area contributed by atoms with Crippen molar-refractivity contribution in [1.82, 2.24) is 4.57 Å². The second-order valence-electron chi connectivity index (χ2n) is 2.05. The maximum absolute atomic E-state index is 3.66. The van der Waals surface area contributed by atoms with Gasteiger partial charge in [-0.15, -0.1) is 6.58 Å². The fourth-order valence-electron chi connectivity index (χ4n) is 0.693. The molecule has 0 unspecified atom stereocenters. The predicted molar refractivity (Wildman–Crippen MR) is 42.0 cm³/mol. The highest BCUT2D eigenvalue weighted by molar-refractivity contribution is 6.04. The quantitative estimate of drug-likeness (QED) is 0.386. The normalized spacial score (nSPS) is 10.2. The molecular formula is C6H15NSi. The van der Waals surface area contributed by atoms with E-state index in [1.807, 2.05) is 6.08 Å². The van der Waals surface area contributed by atoms with Crippen molar-refractivity contribution in [3.8, 4) is 0 Å². The second-order valence-corrected chi connectivity index (χ2v) is 3.32. The molecule has 0 saturated heterocycles. The molecule has 0 aliphatic carbocycles. The first-order valence-corrected chi connectivity index (χ1v) is 4.00. The Labute approximate surface area is 54.9 Å². The van der Waals surface area contributed by atoms with Crippen molar-refractivity contribution in [3.05, 3.63) is 12.7 Å². The molecule has 0 bridgehead atoms. The van der Waals surface area contributed by atoms with Crippen LogP contribution < -0.4 is 0 Å². The molecule has 0 radical (unpaired) electrons. The lowest BCUT2D eigenvalue weighted by Crippen LogP contribution is -2.20. The van der Waals surface area contributed by atoms with Crippen molar-refractivity contribution in [2.45, 2.75) is 13.3 Å². The molecule has 1 nitrogen and oxygen atoms in total. The Balaban J connectivity index is 3.03. The molecule has 0 aliphatic heterocycles. The largest absolute Gasteiger partial charge is 0.329 e. The summed E-state index contributed by atoms with van der Waals surface area (Å²) in [5.74, 6) is 0. The smallest absolute Gasteiger partial charge is 0.0788 e. The highest BCUT2D eigenvalue weighted by Gasteiger charge is 1.88. The van der Waals surface area contributed by atoms with Crippen molar-refractivity contribution < 1.29 is 0 Å². The van der Waals surface area contributed by atoms with Crippen LogP contribution in [0.1, 0.15) is 13.3 Å².